The molecule has 5 N–H and O–H groups in total. The van der Waals surface area contributed by atoms with E-state index in [9.17, 15) is 28.2 Å². The first-order chi connectivity index (χ1) is 19.1. The molecule has 212 valence electrons. The highest BCUT2D eigenvalue weighted by atomic mass is 19.1. The zero-order valence-electron chi connectivity index (χ0n) is 22.0. The molecular weight excluding hydrogens is 527 g/mol. The van der Waals surface area contributed by atoms with Crippen LogP contribution in [0.3, 0.4) is 0 Å². The lowest BCUT2D eigenvalue weighted by molar-refractivity contribution is 0.0784. The fraction of sp³-hybridized carbons (Fsp3) is 0.393. The number of aromatic nitrogens is 2. The lowest BCUT2D eigenvalue weighted by Gasteiger charge is -2.41. The van der Waals surface area contributed by atoms with Gasteiger partial charge in [-0.15, -0.1) is 0 Å². The summed E-state index contributed by atoms with van der Waals surface area (Å²) in [6, 6.07) is 3.33. The molecule has 2 aliphatic rings. The van der Waals surface area contributed by atoms with E-state index in [0.717, 1.165) is 29.8 Å². The molecule has 9 nitrogen and oxygen atoms in total. The second-order valence-corrected chi connectivity index (χ2v) is 10.2. The van der Waals surface area contributed by atoms with E-state index in [4.69, 9.17) is 10.5 Å². The van der Waals surface area contributed by atoms with Crippen molar-refractivity contribution in [1.29, 1.82) is 0 Å². The standard InChI is InChI=1S/C28H30F3N5O4/c1-3-40-14-8-17(30)23(18(31)9-14)25-16(29)5-6-20(34-25)28(39)35-21-10-33-24-15(4-7-22(24)37)26(21)36-11-13(2)27(38)19(32)12-36/h5-6,8-10,13,19,22,27,37-38H,3-4,7,11-12,32H2,1-2H3,(H,35,39). The van der Waals surface area contributed by atoms with Crippen LogP contribution in [0.1, 0.15) is 48.1 Å². The van der Waals surface area contributed by atoms with Gasteiger partial charge in [-0.3, -0.25) is 9.78 Å². The molecule has 0 saturated carbocycles. The van der Waals surface area contributed by atoms with Crippen molar-refractivity contribution in [1.82, 2.24) is 9.97 Å². The number of anilines is 2. The van der Waals surface area contributed by atoms with Crippen LogP contribution in [-0.4, -0.2) is 57.9 Å². The second kappa shape index (κ2) is 11.0. The maximum atomic E-state index is 14.8. The van der Waals surface area contributed by atoms with Gasteiger partial charge in [0.1, 0.15) is 34.6 Å². The number of amides is 1. The van der Waals surface area contributed by atoms with Crippen molar-refractivity contribution in [2.24, 2.45) is 11.7 Å². The predicted molar refractivity (Wildman–Crippen MR) is 142 cm³/mol. The molecule has 4 atom stereocenters. The SMILES string of the molecule is CCOc1cc(F)c(-c2nc(C(=O)Nc3cnc4c(c3N3CC(C)C(O)C(N)C3)CCC4O)ccc2F)c(F)c1. The van der Waals surface area contributed by atoms with E-state index in [1.165, 1.54) is 6.20 Å². The Labute approximate surface area is 228 Å². The van der Waals surface area contributed by atoms with Crippen molar-refractivity contribution in [3.63, 3.8) is 0 Å². The fourth-order valence-electron chi connectivity index (χ4n) is 5.41. The van der Waals surface area contributed by atoms with Crippen LogP contribution in [0, 0.1) is 23.4 Å². The molecule has 1 saturated heterocycles. The Morgan fingerprint density at radius 3 is 2.58 bits per heavy atom. The third kappa shape index (κ3) is 5.09. The Bertz CT molecular complexity index is 1420. The van der Waals surface area contributed by atoms with Crippen LogP contribution in [0.2, 0.25) is 0 Å². The Morgan fingerprint density at radius 1 is 1.18 bits per heavy atom. The predicted octanol–water partition coefficient (Wildman–Crippen LogP) is 3.34. The summed E-state index contributed by atoms with van der Waals surface area (Å²) in [4.78, 5) is 23.6. The number of aliphatic hydroxyl groups is 2. The maximum absolute atomic E-state index is 14.8. The van der Waals surface area contributed by atoms with Gasteiger partial charge in [0.05, 0.1) is 47.6 Å². The smallest absolute Gasteiger partial charge is 0.274 e. The first-order valence-electron chi connectivity index (χ1n) is 13.1. The highest BCUT2D eigenvalue weighted by Crippen LogP contribution is 2.42. The number of halogens is 3. The van der Waals surface area contributed by atoms with Crippen molar-refractivity contribution >= 4 is 17.3 Å². The third-order valence-electron chi connectivity index (χ3n) is 7.33. The third-order valence-corrected chi connectivity index (χ3v) is 7.33. The van der Waals surface area contributed by atoms with Gasteiger partial charge in [0.25, 0.3) is 5.91 Å². The number of aliphatic hydroxyl groups excluding tert-OH is 2. The number of hydrogen-bond donors (Lipinski definition) is 4. The summed E-state index contributed by atoms with van der Waals surface area (Å²) in [6.07, 6.45) is 0.950. The van der Waals surface area contributed by atoms with Crippen LogP contribution >= 0.6 is 0 Å². The number of nitrogens with one attached hydrogen (secondary N) is 1. The number of piperidine rings is 1. The summed E-state index contributed by atoms with van der Waals surface area (Å²) in [5, 5.41) is 23.5. The van der Waals surface area contributed by atoms with Gasteiger partial charge >= 0.3 is 0 Å². The number of carbonyl (C=O) groups excluding carboxylic acids is 1. The lowest BCUT2D eigenvalue weighted by Crippen LogP contribution is -2.56. The van der Waals surface area contributed by atoms with E-state index in [0.29, 0.717) is 43.0 Å². The van der Waals surface area contributed by atoms with Crippen LogP contribution in [0.5, 0.6) is 5.75 Å². The van der Waals surface area contributed by atoms with Crippen molar-refractivity contribution in [3.8, 4) is 17.0 Å². The molecule has 1 aromatic carbocycles. The van der Waals surface area contributed by atoms with Crippen molar-refractivity contribution in [3.05, 3.63) is 64.9 Å². The summed E-state index contributed by atoms with van der Waals surface area (Å²) >= 11 is 0. The van der Waals surface area contributed by atoms with E-state index in [-0.39, 0.29) is 24.0 Å². The van der Waals surface area contributed by atoms with Crippen LogP contribution in [0.4, 0.5) is 24.5 Å². The molecule has 0 bridgehead atoms. The molecule has 3 aromatic rings. The summed E-state index contributed by atoms with van der Waals surface area (Å²) in [5.41, 5.74) is 6.71. The minimum absolute atomic E-state index is 0.0587. The van der Waals surface area contributed by atoms with Gasteiger partial charge in [-0.25, -0.2) is 18.2 Å². The molecule has 12 heteroatoms. The van der Waals surface area contributed by atoms with Crippen LogP contribution in [0.15, 0.2) is 30.5 Å². The minimum atomic E-state index is -1.09. The van der Waals surface area contributed by atoms with Crippen LogP contribution in [0.25, 0.3) is 11.3 Å². The van der Waals surface area contributed by atoms with Gasteiger partial charge in [-0.2, -0.15) is 0 Å². The van der Waals surface area contributed by atoms with Gasteiger partial charge in [0, 0.05) is 42.7 Å². The van der Waals surface area contributed by atoms with E-state index < -0.39 is 52.9 Å². The summed E-state index contributed by atoms with van der Waals surface area (Å²) < 4.78 is 49.4. The Morgan fingerprint density at radius 2 is 1.90 bits per heavy atom. The topological polar surface area (TPSA) is 134 Å². The van der Waals surface area contributed by atoms with Gasteiger partial charge in [-0.1, -0.05) is 6.92 Å². The maximum Gasteiger partial charge on any atom is 0.274 e. The Hall–Kier alpha value is -3.74. The van der Waals surface area contributed by atoms with E-state index in [2.05, 4.69) is 15.3 Å². The summed E-state index contributed by atoms with van der Waals surface area (Å²) in [7, 11) is 0. The van der Waals surface area contributed by atoms with Crippen LogP contribution < -0.4 is 20.7 Å². The number of ether oxygens (including phenoxy) is 1. The summed E-state index contributed by atoms with van der Waals surface area (Å²) in [6.45, 7) is 4.45. The second-order valence-electron chi connectivity index (χ2n) is 10.2. The number of pyridine rings is 2. The molecule has 1 fully saturated rings. The highest BCUT2D eigenvalue weighted by Gasteiger charge is 2.36. The molecule has 5 rings (SSSR count). The molecule has 4 unspecified atom stereocenters. The number of rotatable bonds is 6. The first kappa shape index (κ1) is 27.8. The van der Waals surface area contributed by atoms with Gasteiger partial charge in [-0.05, 0) is 31.9 Å². The molecule has 2 aromatic heterocycles. The van der Waals surface area contributed by atoms with Crippen LogP contribution in [-0.2, 0) is 6.42 Å². The molecule has 1 aliphatic heterocycles. The number of fused-ring (bicyclic) bond motifs is 1. The first-order valence-corrected chi connectivity index (χ1v) is 13.1. The number of nitrogens with two attached hydrogens (primary N) is 1. The van der Waals surface area contributed by atoms with Gasteiger partial charge in [0.2, 0.25) is 0 Å². The highest BCUT2D eigenvalue weighted by molar-refractivity contribution is 6.05. The molecule has 0 spiro atoms. The average molecular weight is 558 g/mol. The molecule has 0 radical (unpaired) electrons. The minimum Gasteiger partial charge on any atom is -0.494 e. The zero-order chi connectivity index (χ0) is 28.7. The molecule has 40 heavy (non-hydrogen) atoms. The number of benzene rings is 1. The normalized spacial score (nSPS) is 22.2. The van der Waals surface area contributed by atoms with Crippen molar-refractivity contribution < 1.29 is 32.9 Å². The van der Waals surface area contributed by atoms with Crippen molar-refractivity contribution in [2.75, 3.05) is 29.9 Å². The summed E-state index contributed by atoms with van der Waals surface area (Å²) in [5.74, 6) is -4.17. The Balaban J connectivity index is 1.50. The van der Waals surface area contributed by atoms with E-state index in [1.54, 1.807) is 6.92 Å². The van der Waals surface area contributed by atoms with Gasteiger partial charge in [0.15, 0.2) is 0 Å². The van der Waals surface area contributed by atoms with Crippen molar-refractivity contribution in [2.45, 2.75) is 44.9 Å². The van der Waals surface area contributed by atoms with Gasteiger partial charge < -0.3 is 30.9 Å². The monoisotopic (exact) mass is 557 g/mol. The largest absolute Gasteiger partial charge is 0.494 e. The molecular formula is C28H30F3N5O4. The fourth-order valence-corrected chi connectivity index (χ4v) is 5.41. The lowest BCUT2D eigenvalue weighted by atomic mass is 9.92. The number of carbonyl (C=O) groups is 1. The van der Waals surface area contributed by atoms with E-state index >= 15 is 0 Å². The van der Waals surface area contributed by atoms with E-state index in [1.807, 2.05) is 11.8 Å². The zero-order valence-corrected chi connectivity index (χ0v) is 22.0. The number of nitrogens with zero attached hydrogens (tertiary/aromatic N) is 3. The molecule has 1 aliphatic carbocycles. The Kier molecular flexibility index (Phi) is 7.67. The average Bonchev–Trinajstić information content (AvgIpc) is 3.28. The molecule has 1 amide bonds. The molecule has 3 heterocycles. The quantitative estimate of drug-likeness (QED) is 0.363. The number of hydrogen-bond acceptors (Lipinski definition) is 8.